The summed E-state index contributed by atoms with van der Waals surface area (Å²) >= 11 is 0. The van der Waals surface area contributed by atoms with Gasteiger partial charge in [0, 0.05) is 11.9 Å². The minimum absolute atomic E-state index is 0.488. The Morgan fingerprint density at radius 2 is 2.14 bits per heavy atom. The van der Waals surface area contributed by atoms with Crippen LogP contribution in [0.25, 0.3) is 11.0 Å². The molecule has 0 radical (unpaired) electrons. The Morgan fingerprint density at radius 3 is 2.95 bits per heavy atom. The summed E-state index contributed by atoms with van der Waals surface area (Å²) in [6.07, 6.45) is 5.58. The number of rotatable bonds is 7. The summed E-state index contributed by atoms with van der Waals surface area (Å²) in [5, 5.41) is 4.44. The number of benzene rings is 1. The predicted octanol–water partition coefficient (Wildman–Crippen LogP) is 3.49. The Bertz CT molecular complexity index is 572. The predicted molar refractivity (Wildman–Crippen MR) is 82.7 cm³/mol. The molecule has 0 unspecified atom stereocenters. The van der Waals surface area contributed by atoms with Crippen LogP contribution in [-0.2, 0) is 11.3 Å². The Labute approximate surface area is 125 Å². The quantitative estimate of drug-likeness (QED) is 0.792. The molecule has 3 rings (SSSR count). The molecular weight excluding hydrogens is 266 g/mol. The van der Waals surface area contributed by atoms with E-state index < -0.39 is 0 Å². The standard InChI is InChI=1S/C17H23NO3/c1-19-16-8-4-5-13-11-15(21-17(13)16)12-18-9-10-20-14-6-2-3-7-14/h4-5,8,11,14,18H,2-3,6-7,9-10,12H2,1H3. The highest BCUT2D eigenvalue weighted by Gasteiger charge is 2.14. The highest BCUT2D eigenvalue weighted by atomic mass is 16.5. The van der Waals surface area contributed by atoms with Crippen molar-refractivity contribution in [3.63, 3.8) is 0 Å². The molecule has 4 heteroatoms. The van der Waals surface area contributed by atoms with E-state index in [-0.39, 0.29) is 0 Å². The topological polar surface area (TPSA) is 43.6 Å². The molecule has 2 aromatic rings. The van der Waals surface area contributed by atoms with Crippen molar-refractivity contribution in [3.05, 3.63) is 30.0 Å². The second-order valence-corrected chi connectivity index (χ2v) is 5.55. The van der Waals surface area contributed by atoms with Crippen LogP contribution in [0.15, 0.2) is 28.7 Å². The van der Waals surface area contributed by atoms with Crippen molar-refractivity contribution in [2.24, 2.45) is 0 Å². The molecule has 1 aliphatic rings. The molecular formula is C17H23NO3. The minimum Gasteiger partial charge on any atom is -0.493 e. The van der Waals surface area contributed by atoms with Crippen LogP contribution < -0.4 is 10.1 Å². The normalized spacial score (nSPS) is 15.9. The maximum absolute atomic E-state index is 5.84. The Morgan fingerprint density at radius 1 is 1.29 bits per heavy atom. The van der Waals surface area contributed by atoms with E-state index in [1.54, 1.807) is 7.11 Å². The summed E-state index contributed by atoms with van der Waals surface area (Å²) in [6.45, 7) is 2.34. The fourth-order valence-electron chi connectivity index (χ4n) is 2.90. The molecule has 1 saturated carbocycles. The smallest absolute Gasteiger partial charge is 0.176 e. The van der Waals surface area contributed by atoms with Crippen LogP contribution in [0.3, 0.4) is 0 Å². The van der Waals surface area contributed by atoms with Gasteiger partial charge in [0.15, 0.2) is 11.3 Å². The van der Waals surface area contributed by atoms with Crippen molar-refractivity contribution in [3.8, 4) is 5.75 Å². The molecule has 0 spiro atoms. The minimum atomic E-state index is 0.488. The lowest BCUT2D eigenvalue weighted by molar-refractivity contribution is 0.0601. The second-order valence-electron chi connectivity index (χ2n) is 5.55. The van der Waals surface area contributed by atoms with Crippen molar-refractivity contribution in [2.75, 3.05) is 20.3 Å². The van der Waals surface area contributed by atoms with Crippen molar-refractivity contribution in [2.45, 2.75) is 38.3 Å². The number of hydrogen-bond acceptors (Lipinski definition) is 4. The maximum Gasteiger partial charge on any atom is 0.176 e. The van der Waals surface area contributed by atoms with Crippen LogP contribution in [0, 0.1) is 0 Å². The highest BCUT2D eigenvalue weighted by Crippen LogP contribution is 2.28. The van der Waals surface area contributed by atoms with Crippen molar-refractivity contribution in [1.29, 1.82) is 0 Å². The van der Waals surface area contributed by atoms with E-state index in [2.05, 4.69) is 11.4 Å². The molecule has 0 bridgehead atoms. The zero-order valence-electron chi connectivity index (χ0n) is 12.6. The Balaban J connectivity index is 1.46. The summed E-state index contributed by atoms with van der Waals surface area (Å²) in [5.74, 6) is 1.71. The van der Waals surface area contributed by atoms with Gasteiger partial charge in [-0.25, -0.2) is 0 Å². The number of furan rings is 1. The van der Waals surface area contributed by atoms with Crippen LogP contribution >= 0.6 is 0 Å². The van der Waals surface area contributed by atoms with Crippen LogP contribution in [-0.4, -0.2) is 26.4 Å². The van der Waals surface area contributed by atoms with Crippen LogP contribution in [0.4, 0.5) is 0 Å². The Hall–Kier alpha value is -1.52. The zero-order valence-corrected chi connectivity index (χ0v) is 12.6. The summed E-state index contributed by atoms with van der Waals surface area (Å²) in [6, 6.07) is 7.98. The van der Waals surface area contributed by atoms with Crippen LogP contribution in [0.5, 0.6) is 5.75 Å². The van der Waals surface area contributed by atoms with Crippen LogP contribution in [0.1, 0.15) is 31.4 Å². The first-order valence-corrected chi connectivity index (χ1v) is 7.74. The lowest BCUT2D eigenvalue weighted by atomic mass is 10.2. The van der Waals surface area contributed by atoms with Gasteiger partial charge in [-0.1, -0.05) is 25.0 Å². The van der Waals surface area contributed by atoms with Crippen molar-refractivity contribution >= 4 is 11.0 Å². The van der Waals surface area contributed by atoms with Gasteiger partial charge in [0.05, 0.1) is 26.4 Å². The van der Waals surface area contributed by atoms with Gasteiger partial charge in [-0.15, -0.1) is 0 Å². The summed E-state index contributed by atoms with van der Waals surface area (Å²) in [5.41, 5.74) is 0.819. The fraction of sp³-hybridized carbons (Fsp3) is 0.529. The van der Waals surface area contributed by atoms with E-state index in [1.165, 1.54) is 25.7 Å². The first-order chi connectivity index (χ1) is 10.4. The fourth-order valence-corrected chi connectivity index (χ4v) is 2.90. The van der Waals surface area contributed by atoms with E-state index in [9.17, 15) is 0 Å². The molecule has 114 valence electrons. The summed E-state index contributed by atoms with van der Waals surface area (Å²) < 4.78 is 17.0. The second kappa shape index (κ2) is 6.96. The number of methoxy groups -OCH3 is 1. The molecule has 0 saturated heterocycles. The summed E-state index contributed by atoms with van der Waals surface area (Å²) in [4.78, 5) is 0. The largest absolute Gasteiger partial charge is 0.493 e. The van der Waals surface area contributed by atoms with Crippen molar-refractivity contribution in [1.82, 2.24) is 5.32 Å². The van der Waals surface area contributed by atoms with Gasteiger partial charge in [-0.2, -0.15) is 0 Å². The molecule has 1 heterocycles. The van der Waals surface area contributed by atoms with Gasteiger partial charge in [0.25, 0.3) is 0 Å². The van der Waals surface area contributed by atoms with Gasteiger partial charge in [0.2, 0.25) is 0 Å². The molecule has 4 nitrogen and oxygen atoms in total. The molecule has 1 aromatic heterocycles. The number of nitrogens with one attached hydrogen (secondary N) is 1. The average Bonchev–Trinajstić information content (AvgIpc) is 3.15. The van der Waals surface area contributed by atoms with E-state index in [1.807, 2.05) is 18.2 Å². The zero-order chi connectivity index (χ0) is 14.5. The van der Waals surface area contributed by atoms with Gasteiger partial charge in [-0.05, 0) is 25.0 Å². The first kappa shape index (κ1) is 14.4. The van der Waals surface area contributed by atoms with Crippen molar-refractivity contribution < 1.29 is 13.9 Å². The van der Waals surface area contributed by atoms with Crippen LogP contribution in [0.2, 0.25) is 0 Å². The average molecular weight is 289 g/mol. The Kier molecular flexibility index (Phi) is 4.78. The van der Waals surface area contributed by atoms with E-state index in [0.29, 0.717) is 12.6 Å². The highest BCUT2D eigenvalue weighted by molar-refractivity contribution is 5.83. The number of fused-ring (bicyclic) bond motifs is 1. The molecule has 0 amide bonds. The van der Waals surface area contributed by atoms with E-state index >= 15 is 0 Å². The monoisotopic (exact) mass is 289 g/mol. The molecule has 1 fully saturated rings. The molecule has 0 aliphatic heterocycles. The van der Waals surface area contributed by atoms with E-state index in [4.69, 9.17) is 13.9 Å². The van der Waals surface area contributed by atoms with Gasteiger partial charge >= 0.3 is 0 Å². The number of ether oxygens (including phenoxy) is 2. The number of hydrogen-bond donors (Lipinski definition) is 1. The SMILES string of the molecule is COc1cccc2cc(CNCCOC3CCCC3)oc12. The molecule has 21 heavy (non-hydrogen) atoms. The summed E-state index contributed by atoms with van der Waals surface area (Å²) in [7, 11) is 1.66. The van der Waals surface area contributed by atoms with Gasteiger partial charge in [-0.3, -0.25) is 0 Å². The molecule has 1 N–H and O–H groups in total. The lowest BCUT2D eigenvalue weighted by Crippen LogP contribution is -2.21. The van der Waals surface area contributed by atoms with Gasteiger partial charge < -0.3 is 19.2 Å². The molecule has 1 aliphatic carbocycles. The third-order valence-electron chi connectivity index (χ3n) is 4.01. The first-order valence-electron chi connectivity index (χ1n) is 7.74. The maximum atomic E-state index is 5.84. The van der Waals surface area contributed by atoms with Gasteiger partial charge in [0.1, 0.15) is 5.76 Å². The third-order valence-corrected chi connectivity index (χ3v) is 4.01. The number of para-hydroxylation sites is 1. The molecule has 1 aromatic carbocycles. The molecule has 0 atom stereocenters. The van der Waals surface area contributed by atoms with E-state index in [0.717, 1.165) is 35.6 Å². The lowest BCUT2D eigenvalue weighted by Gasteiger charge is -2.10. The third kappa shape index (κ3) is 3.57.